The van der Waals surface area contributed by atoms with Crippen LogP contribution in [0.4, 0.5) is 5.69 Å². The summed E-state index contributed by atoms with van der Waals surface area (Å²) >= 11 is 3.09. The molecule has 0 heterocycles. The van der Waals surface area contributed by atoms with E-state index >= 15 is 0 Å². The molecule has 0 aromatic heterocycles. The fraction of sp³-hybridized carbons (Fsp3) is 0.333. The Balaban J connectivity index is 3.00. The molecular weight excluding hydrogens is 250 g/mol. The number of nitro groups is 1. The number of aliphatic hydroxyl groups is 1. The Morgan fingerprint density at radius 1 is 1.64 bits per heavy atom. The zero-order valence-corrected chi connectivity index (χ0v) is 9.19. The molecule has 0 aliphatic heterocycles. The minimum atomic E-state index is -0.490. The summed E-state index contributed by atoms with van der Waals surface area (Å²) in [6, 6.07) is 4.84. The first-order valence-corrected chi connectivity index (χ1v) is 4.91. The average Bonchev–Trinajstić information content (AvgIpc) is 2.07. The highest BCUT2D eigenvalue weighted by Crippen LogP contribution is 2.25. The second kappa shape index (κ2) is 4.52. The van der Waals surface area contributed by atoms with Crippen molar-refractivity contribution in [3.05, 3.63) is 38.3 Å². The maximum absolute atomic E-state index is 10.6. The second-order valence-electron chi connectivity index (χ2n) is 3.10. The van der Waals surface area contributed by atoms with Gasteiger partial charge in [-0.15, -0.1) is 0 Å². The number of benzene rings is 1. The third-order valence-corrected chi connectivity index (χ3v) is 2.41. The molecule has 1 N–H and O–H groups in total. The molecular formula is C9H10BrNO3. The molecule has 1 aromatic carbocycles. The summed E-state index contributed by atoms with van der Waals surface area (Å²) < 4.78 is 0.455. The maximum Gasteiger partial charge on any atom is 0.283 e. The summed E-state index contributed by atoms with van der Waals surface area (Å²) in [6.45, 7) is 1.65. The molecule has 0 saturated heterocycles. The summed E-state index contributed by atoms with van der Waals surface area (Å²) in [5.41, 5.74) is 0.790. The molecule has 0 aliphatic rings. The van der Waals surface area contributed by atoms with Crippen molar-refractivity contribution in [2.24, 2.45) is 0 Å². The standard InChI is InChI=1S/C9H10BrNO3/c1-6(12)4-7-2-3-8(10)9(5-7)11(13)14/h2-3,5-6,12H,4H2,1H3/t6-/m0/s1. The topological polar surface area (TPSA) is 63.4 Å². The van der Waals surface area contributed by atoms with Gasteiger partial charge in [-0.05, 0) is 40.9 Å². The summed E-state index contributed by atoms with van der Waals surface area (Å²) in [5.74, 6) is 0. The summed E-state index contributed by atoms with van der Waals surface area (Å²) in [6.07, 6.45) is -0.0653. The van der Waals surface area contributed by atoms with E-state index in [1.54, 1.807) is 19.1 Å². The van der Waals surface area contributed by atoms with Gasteiger partial charge < -0.3 is 5.11 Å². The normalized spacial score (nSPS) is 12.5. The number of nitrogens with zero attached hydrogens (tertiary/aromatic N) is 1. The Hall–Kier alpha value is -0.940. The molecule has 0 fully saturated rings. The van der Waals surface area contributed by atoms with Crippen LogP contribution in [-0.2, 0) is 6.42 Å². The highest BCUT2D eigenvalue weighted by atomic mass is 79.9. The van der Waals surface area contributed by atoms with E-state index in [-0.39, 0.29) is 5.69 Å². The predicted molar refractivity (Wildman–Crippen MR) is 56.2 cm³/mol. The van der Waals surface area contributed by atoms with E-state index in [9.17, 15) is 10.1 Å². The van der Waals surface area contributed by atoms with Crippen LogP contribution in [0.25, 0.3) is 0 Å². The Morgan fingerprint density at radius 3 is 2.79 bits per heavy atom. The molecule has 0 aliphatic carbocycles. The number of hydrogen-bond donors (Lipinski definition) is 1. The van der Waals surface area contributed by atoms with Gasteiger partial charge in [0.1, 0.15) is 0 Å². The minimum Gasteiger partial charge on any atom is -0.393 e. The van der Waals surface area contributed by atoms with Gasteiger partial charge in [0.25, 0.3) is 5.69 Å². The molecule has 0 spiro atoms. The predicted octanol–water partition coefficient (Wildman–Crippen LogP) is 2.28. The highest BCUT2D eigenvalue weighted by Gasteiger charge is 2.12. The van der Waals surface area contributed by atoms with Crippen LogP contribution in [0.5, 0.6) is 0 Å². The molecule has 0 radical (unpaired) electrons. The number of aliphatic hydroxyl groups excluding tert-OH is 1. The lowest BCUT2D eigenvalue weighted by atomic mass is 10.1. The third kappa shape index (κ3) is 2.78. The molecule has 4 nitrogen and oxygen atoms in total. The Labute approximate surface area is 89.8 Å². The van der Waals surface area contributed by atoms with Crippen LogP contribution in [-0.4, -0.2) is 16.1 Å². The lowest BCUT2D eigenvalue weighted by Gasteiger charge is -2.04. The van der Waals surface area contributed by atoms with E-state index in [4.69, 9.17) is 5.11 Å². The van der Waals surface area contributed by atoms with Crippen LogP contribution < -0.4 is 0 Å². The number of hydrogen-bond acceptors (Lipinski definition) is 3. The first-order valence-electron chi connectivity index (χ1n) is 4.11. The quantitative estimate of drug-likeness (QED) is 0.669. The lowest BCUT2D eigenvalue weighted by molar-refractivity contribution is -0.385. The minimum absolute atomic E-state index is 0.0307. The van der Waals surface area contributed by atoms with Gasteiger partial charge in [0.15, 0.2) is 0 Å². The van der Waals surface area contributed by atoms with E-state index in [0.29, 0.717) is 10.9 Å². The number of nitro benzene ring substituents is 1. The van der Waals surface area contributed by atoms with Gasteiger partial charge in [0.2, 0.25) is 0 Å². The Morgan fingerprint density at radius 2 is 2.29 bits per heavy atom. The molecule has 14 heavy (non-hydrogen) atoms. The molecule has 0 bridgehead atoms. The van der Waals surface area contributed by atoms with Crippen molar-refractivity contribution in [2.45, 2.75) is 19.4 Å². The third-order valence-electron chi connectivity index (χ3n) is 1.74. The van der Waals surface area contributed by atoms with Crippen molar-refractivity contribution in [3.8, 4) is 0 Å². The number of halogens is 1. The maximum atomic E-state index is 10.6. The average molecular weight is 260 g/mol. The highest BCUT2D eigenvalue weighted by molar-refractivity contribution is 9.10. The molecule has 0 amide bonds. The lowest BCUT2D eigenvalue weighted by Crippen LogP contribution is -2.04. The molecule has 76 valence electrons. The number of rotatable bonds is 3. The van der Waals surface area contributed by atoms with E-state index in [1.165, 1.54) is 6.07 Å². The summed E-state index contributed by atoms with van der Waals surface area (Å²) in [5, 5.41) is 19.7. The van der Waals surface area contributed by atoms with Gasteiger partial charge in [-0.1, -0.05) is 6.07 Å². The van der Waals surface area contributed by atoms with E-state index in [2.05, 4.69) is 15.9 Å². The summed E-state index contributed by atoms with van der Waals surface area (Å²) in [7, 11) is 0. The Bertz CT molecular complexity index is 352. The van der Waals surface area contributed by atoms with Crippen LogP contribution in [0.1, 0.15) is 12.5 Å². The van der Waals surface area contributed by atoms with Gasteiger partial charge in [0.05, 0.1) is 15.5 Å². The van der Waals surface area contributed by atoms with E-state index in [0.717, 1.165) is 5.56 Å². The van der Waals surface area contributed by atoms with Crippen LogP contribution >= 0.6 is 15.9 Å². The second-order valence-corrected chi connectivity index (χ2v) is 3.95. The van der Waals surface area contributed by atoms with Crippen LogP contribution in [0.15, 0.2) is 22.7 Å². The smallest absolute Gasteiger partial charge is 0.283 e. The van der Waals surface area contributed by atoms with Gasteiger partial charge >= 0.3 is 0 Å². The van der Waals surface area contributed by atoms with E-state index in [1.807, 2.05) is 0 Å². The van der Waals surface area contributed by atoms with Gasteiger partial charge in [0, 0.05) is 6.07 Å². The Kier molecular flexibility index (Phi) is 3.60. The van der Waals surface area contributed by atoms with E-state index < -0.39 is 11.0 Å². The van der Waals surface area contributed by atoms with Gasteiger partial charge in [-0.25, -0.2) is 0 Å². The van der Waals surface area contributed by atoms with Gasteiger partial charge in [-0.2, -0.15) is 0 Å². The molecule has 0 unspecified atom stereocenters. The molecule has 0 saturated carbocycles. The zero-order valence-electron chi connectivity index (χ0n) is 7.61. The SMILES string of the molecule is C[C@H](O)Cc1ccc(Br)c([N+](=O)[O-])c1. The van der Waals surface area contributed by atoms with Crippen molar-refractivity contribution >= 4 is 21.6 Å². The zero-order chi connectivity index (χ0) is 10.7. The first-order chi connectivity index (χ1) is 6.50. The largest absolute Gasteiger partial charge is 0.393 e. The molecule has 1 aromatic rings. The molecule has 1 rings (SSSR count). The van der Waals surface area contributed by atoms with Crippen LogP contribution in [0.3, 0.4) is 0 Å². The van der Waals surface area contributed by atoms with Crippen molar-refractivity contribution in [3.63, 3.8) is 0 Å². The van der Waals surface area contributed by atoms with Crippen LogP contribution in [0.2, 0.25) is 0 Å². The first kappa shape index (κ1) is 11.1. The van der Waals surface area contributed by atoms with Crippen molar-refractivity contribution in [1.29, 1.82) is 0 Å². The van der Waals surface area contributed by atoms with Crippen molar-refractivity contribution in [1.82, 2.24) is 0 Å². The molecule has 1 atom stereocenters. The summed E-state index contributed by atoms with van der Waals surface area (Å²) in [4.78, 5) is 10.1. The fourth-order valence-electron chi connectivity index (χ4n) is 1.17. The van der Waals surface area contributed by atoms with Crippen molar-refractivity contribution < 1.29 is 10.0 Å². The monoisotopic (exact) mass is 259 g/mol. The molecule has 5 heteroatoms. The van der Waals surface area contributed by atoms with Crippen LogP contribution in [0, 0.1) is 10.1 Å². The fourth-order valence-corrected chi connectivity index (χ4v) is 1.56. The van der Waals surface area contributed by atoms with Crippen molar-refractivity contribution in [2.75, 3.05) is 0 Å². The van der Waals surface area contributed by atoms with Gasteiger partial charge in [-0.3, -0.25) is 10.1 Å².